The maximum absolute atomic E-state index is 9.66. The van der Waals surface area contributed by atoms with Crippen LogP contribution in [0, 0.1) is 50.7 Å². The van der Waals surface area contributed by atoms with Gasteiger partial charge in [0.05, 0.1) is 29.2 Å². The fourth-order valence-corrected chi connectivity index (χ4v) is 3.55. The lowest BCUT2D eigenvalue weighted by Crippen LogP contribution is -2.41. The Morgan fingerprint density at radius 3 is 2.09 bits per heavy atom. The van der Waals surface area contributed by atoms with Gasteiger partial charge in [-0.2, -0.15) is 20.9 Å². The van der Waals surface area contributed by atoms with Gasteiger partial charge in [0.2, 0.25) is 0 Å². The van der Waals surface area contributed by atoms with Crippen LogP contribution in [-0.4, -0.2) is 23.8 Å². The van der Waals surface area contributed by atoms with Crippen LogP contribution in [0.15, 0.2) is 16.4 Å². The number of allylic oxidation sites excluding steroid dienone is 2. The highest BCUT2D eigenvalue weighted by molar-refractivity contribution is 5.92. The van der Waals surface area contributed by atoms with E-state index < -0.39 is 16.7 Å². The van der Waals surface area contributed by atoms with E-state index in [1.165, 1.54) is 0 Å². The number of nitrogens with two attached hydrogens (primary N) is 1. The first-order valence-electron chi connectivity index (χ1n) is 7.87. The molecule has 0 fully saturated rings. The van der Waals surface area contributed by atoms with E-state index in [4.69, 9.17) is 5.73 Å². The Labute approximate surface area is 138 Å². The average molecular weight is 312 g/mol. The van der Waals surface area contributed by atoms with Gasteiger partial charge in [-0.25, -0.2) is 0 Å². The van der Waals surface area contributed by atoms with E-state index >= 15 is 0 Å². The first-order chi connectivity index (χ1) is 10.8. The topological polar surface area (TPSA) is 113 Å². The molecule has 0 radical (unpaired) electrons. The van der Waals surface area contributed by atoms with Gasteiger partial charge in [0, 0.05) is 30.4 Å². The Hall–Kier alpha value is -2.52. The Kier molecular flexibility index (Phi) is 5.41. The molecule has 0 amide bonds. The summed E-state index contributed by atoms with van der Waals surface area (Å²) in [7, 11) is 0. The van der Waals surface area contributed by atoms with Crippen LogP contribution in [0.5, 0.6) is 0 Å². The van der Waals surface area contributed by atoms with Crippen LogP contribution in [0.4, 0.5) is 0 Å². The van der Waals surface area contributed by atoms with Gasteiger partial charge in [-0.15, -0.1) is 0 Å². The van der Waals surface area contributed by atoms with Gasteiger partial charge < -0.3 is 5.73 Å². The van der Waals surface area contributed by atoms with Crippen LogP contribution >= 0.6 is 0 Å². The minimum absolute atomic E-state index is 0.0750. The van der Waals surface area contributed by atoms with Crippen LogP contribution < -0.4 is 5.73 Å². The fraction of sp³-hybridized carbons (Fsp3) is 0.647. The molecule has 2 unspecified atom stereocenters. The molecule has 0 aromatic carbocycles. The standard InChI is InChI=1S/C17H24N6/c1-6-14-16(5,12(4)22-23(7-2)8-3)15(21)13(9-18)17(14,10-19)11-20/h14H,6-8,21H2,1-5H3. The average Bonchev–Trinajstić information content (AvgIpc) is 2.77. The zero-order chi connectivity index (χ0) is 17.8. The first-order valence-corrected chi connectivity index (χ1v) is 7.87. The Balaban J connectivity index is 3.65. The van der Waals surface area contributed by atoms with E-state index in [0.717, 1.165) is 18.8 Å². The predicted octanol–water partition coefficient (Wildman–Crippen LogP) is 2.52. The predicted molar refractivity (Wildman–Crippen MR) is 88.4 cm³/mol. The molecule has 0 bridgehead atoms. The van der Waals surface area contributed by atoms with Gasteiger partial charge in [0.1, 0.15) is 0 Å². The van der Waals surface area contributed by atoms with Crippen molar-refractivity contribution in [2.24, 2.45) is 27.6 Å². The van der Waals surface area contributed by atoms with E-state index in [2.05, 4.69) is 17.2 Å². The smallest absolute Gasteiger partial charge is 0.184 e. The number of hydrazone groups is 1. The lowest BCUT2D eigenvalue weighted by atomic mass is 9.64. The number of hydrogen-bond acceptors (Lipinski definition) is 6. The monoisotopic (exact) mass is 312 g/mol. The Morgan fingerprint density at radius 2 is 1.74 bits per heavy atom. The highest BCUT2D eigenvalue weighted by Gasteiger charge is 2.61. The van der Waals surface area contributed by atoms with Crippen LogP contribution in [0.3, 0.4) is 0 Å². The summed E-state index contributed by atoms with van der Waals surface area (Å²) in [6.45, 7) is 11.1. The van der Waals surface area contributed by atoms with E-state index in [-0.39, 0.29) is 5.57 Å². The molecule has 1 aliphatic carbocycles. The summed E-state index contributed by atoms with van der Waals surface area (Å²) in [4.78, 5) is 0. The van der Waals surface area contributed by atoms with Crippen LogP contribution in [0.25, 0.3) is 0 Å². The lowest BCUT2D eigenvalue weighted by molar-refractivity contribution is 0.254. The van der Waals surface area contributed by atoms with Gasteiger partial charge in [-0.05, 0) is 34.1 Å². The second-order valence-corrected chi connectivity index (χ2v) is 5.92. The molecule has 0 saturated heterocycles. The highest BCUT2D eigenvalue weighted by atomic mass is 15.4. The molecule has 122 valence electrons. The van der Waals surface area contributed by atoms with E-state index in [1.54, 1.807) is 0 Å². The molecular formula is C17H24N6. The summed E-state index contributed by atoms with van der Waals surface area (Å²) < 4.78 is 0. The normalized spacial score (nSPS) is 26.3. The van der Waals surface area contributed by atoms with Crippen molar-refractivity contribution in [2.75, 3.05) is 13.1 Å². The zero-order valence-electron chi connectivity index (χ0n) is 14.5. The molecule has 0 saturated carbocycles. The summed E-state index contributed by atoms with van der Waals surface area (Å²) in [6, 6.07) is 6.12. The molecule has 0 aromatic rings. The molecule has 0 spiro atoms. The summed E-state index contributed by atoms with van der Waals surface area (Å²) in [6.07, 6.45) is 0.550. The molecule has 0 aliphatic heterocycles. The molecule has 1 rings (SSSR count). The number of nitrogens with zero attached hydrogens (tertiary/aromatic N) is 5. The highest BCUT2D eigenvalue weighted by Crippen LogP contribution is 2.57. The molecule has 23 heavy (non-hydrogen) atoms. The van der Waals surface area contributed by atoms with Gasteiger partial charge in [-0.3, -0.25) is 5.01 Å². The summed E-state index contributed by atoms with van der Waals surface area (Å²) in [5.41, 5.74) is 5.08. The molecule has 2 atom stereocenters. The van der Waals surface area contributed by atoms with Crippen molar-refractivity contribution in [1.82, 2.24) is 5.01 Å². The Bertz CT molecular complexity index is 636. The van der Waals surface area contributed by atoms with Crippen LogP contribution in [0.2, 0.25) is 0 Å². The van der Waals surface area contributed by atoms with Crippen molar-refractivity contribution in [3.63, 3.8) is 0 Å². The van der Waals surface area contributed by atoms with E-state index in [9.17, 15) is 15.8 Å². The third kappa shape index (κ3) is 2.43. The van der Waals surface area contributed by atoms with E-state index in [0.29, 0.717) is 12.1 Å². The summed E-state index contributed by atoms with van der Waals surface area (Å²) in [5, 5.41) is 35.3. The first kappa shape index (κ1) is 18.5. The van der Waals surface area contributed by atoms with Crippen molar-refractivity contribution >= 4 is 5.71 Å². The molecule has 6 nitrogen and oxygen atoms in total. The third-order valence-electron chi connectivity index (χ3n) is 5.09. The summed E-state index contributed by atoms with van der Waals surface area (Å²) >= 11 is 0. The van der Waals surface area contributed by atoms with Gasteiger partial charge in [0.15, 0.2) is 5.41 Å². The maximum atomic E-state index is 9.66. The second kappa shape index (κ2) is 6.71. The van der Waals surface area contributed by atoms with Gasteiger partial charge >= 0.3 is 0 Å². The number of hydrogen-bond donors (Lipinski definition) is 1. The summed E-state index contributed by atoms with van der Waals surface area (Å²) in [5.74, 6) is -0.404. The molecule has 0 aromatic heterocycles. The third-order valence-corrected chi connectivity index (χ3v) is 5.09. The molecule has 1 aliphatic rings. The number of rotatable bonds is 5. The van der Waals surface area contributed by atoms with Crippen molar-refractivity contribution < 1.29 is 0 Å². The lowest BCUT2D eigenvalue weighted by Gasteiger charge is -2.36. The van der Waals surface area contributed by atoms with Crippen LogP contribution in [0.1, 0.15) is 41.0 Å². The minimum Gasteiger partial charge on any atom is -0.400 e. The molecule has 2 N–H and O–H groups in total. The Morgan fingerprint density at radius 1 is 1.22 bits per heavy atom. The second-order valence-electron chi connectivity index (χ2n) is 5.92. The molecular weight excluding hydrogens is 288 g/mol. The quantitative estimate of drug-likeness (QED) is 0.619. The van der Waals surface area contributed by atoms with Gasteiger partial charge in [-0.1, -0.05) is 6.92 Å². The SMILES string of the molecule is CCC1C(C#N)(C#N)C(C#N)=C(N)C1(C)C(C)=NN(CC)CC. The largest absolute Gasteiger partial charge is 0.400 e. The van der Waals surface area contributed by atoms with Crippen molar-refractivity contribution in [1.29, 1.82) is 15.8 Å². The van der Waals surface area contributed by atoms with E-state index in [1.807, 2.05) is 45.7 Å². The van der Waals surface area contributed by atoms with Crippen LogP contribution in [-0.2, 0) is 0 Å². The molecule has 6 heteroatoms. The molecule has 0 heterocycles. The van der Waals surface area contributed by atoms with Crippen molar-refractivity contribution in [3.05, 3.63) is 11.3 Å². The van der Waals surface area contributed by atoms with Crippen molar-refractivity contribution in [2.45, 2.75) is 41.0 Å². The maximum Gasteiger partial charge on any atom is 0.184 e. The number of nitriles is 3. The van der Waals surface area contributed by atoms with Crippen molar-refractivity contribution in [3.8, 4) is 18.2 Å². The minimum atomic E-state index is -1.51. The fourth-order valence-electron chi connectivity index (χ4n) is 3.55. The van der Waals surface area contributed by atoms with Gasteiger partial charge in [0.25, 0.3) is 0 Å². The zero-order valence-corrected chi connectivity index (χ0v) is 14.5.